The molecule has 7 N–H and O–H groups in total. The average Bonchev–Trinajstić information content (AvgIpc) is 3.29. The van der Waals surface area contributed by atoms with Crippen molar-refractivity contribution < 1.29 is 24.7 Å². The second-order valence-corrected chi connectivity index (χ2v) is 9.83. The highest BCUT2D eigenvalue weighted by molar-refractivity contribution is 6.43. The molecule has 0 heterocycles. The van der Waals surface area contributed by atoms with E-state index in [9.17, 15) is 29.8 Å². The smallest absolute Gasteiger partial charge is 0.426 e. The van der Waals surface area contributed by atoms with Gasteiger partial charge in [-0.1, -0.05) is 51.9 Å². The Morgan fingerprint density at radius 2 is 1.77 bits per heavy atom. The van der Waals surface area contributed by atoms with Gasteiger partial charge in [-0.25, -0.2) is 10.1 Å². The first kappa shape index (κ1) is 30.6. The normalized spacial score (nSPS) is 16.3. The van der Waals surface area contributed by atoms with E-state index in [1.54, 1.807) is 5.43 Å². The van der Waals surface area contributed by atoms with Crippen LogP contribution in [-0.4, -0.2) is 58.5 Å². The molecule has 1 fully saturated rings. The van der Waals surface area contributed by atoms with Crippen LogP contribution in [0, 0.1) is 33.3 Å². The molecule has 3 atom stereocenters. The summed E-state index contributed by atoms with van der Waals surface area (Å²) >= 11 is 0. The molecule has 1 aliphatic rings. The molecule has 0 aromatic carbocycles. The summed E-state index contributed by atoms with van der Waals surface area (Å²) in [6.45, 7) is 6.06. The Labute approximate surface area is 208 Å². The van der Waals surface area contributed by atoms with Crippen molar-refractivity contribution in [3.63, 3.8) is 0 Å². The molecule has 2 amide bonds. The van der Waals surface area contributed by atoms with Crippen molar-refractivity contribution in [2.24, 2.45) is 17.8 Å². The van der Waals surface area contributed by atoms with Gasteiger partial charge in [0.15, 0.2) is 5.03 Å². The fraction of sp³-hybridized carbons (Fsp3) is 0.864. The van der Waals surface area contributed by atoms with Gasteiger partial charge in [0.05, 0.1) is 5.94 Å². The predicted molar refractivity (Wildman–Crippen MR) is 134 cm³/mol. The van der Waals surface area contributed by atoms with Gasteiger partial charge in [-0.3, -0.25) is 15.0 Å². The Balaban J connectivity index is 2.88. The lowest BCUT2D eigenvalue weighted by atomic mass is 9.75. The molecule has 200 valence electrons. The van der Waals surface area contributed by atoms with Gasteiger partial charge >= 0.3 is 7.12 Å². The van der Waals surface area contributed by atoms with Crippen LogP contribution in [-0.2, 0) is 9.59 Å². The lowest BCUT2D eigenvalue weighted by Crippen LogP contribution is -2.55. The van der Waals surface area contributed by atoms with Crippen LogP contribution in [0.5, 0.6) is 0 Å². The molecular formula is C22H43BN6O6. The predicted octanol–water partition coefficient (Wildman–Crippen LogP) is 1.10. The van der Waals surface area contributed by atoms with E-state index in [0.29, 0.717) is 18.8 Å². The molecule has 1 aliphatic carbocycles. The van der Waals surface area contributed by atoms with Gasteiger partial charge in [-0.05, 0) is 50.4 Å². The Hall–Kier alpha value is -2.41. The van der Waals surface area contributed by atoms with E-state index in [1.807, 2.05) is 13.8 Å². The van der Waals surface area contributed by atoms with Crippen molar-refractivity contribution in [1.82, 2.24) is 21.4 Å². The van der Waals surface area contributed by atoms with Gasteiger partial charge in [0.1, 0.15) is 6.04 Å². The van der Waals surface area contributed by atoms with Gasteiger partial charge in [-0.2, -0.15) is 0 Å². The lowest BCUT2D eigenvalue weighted by molar-refractivity contribution is -0.525. The summed E-state index contributed by atoms with van der Waals surface area (Å²) in [6.07, 6.45) is 7.79. The van der Waals surface area contributed by atoms with Crippen molar-refractivity contribution in [3.05, 3.63) is 10.1 Å². The quantitative estimate of drug-likeness (QED) is 0.0411. The van der Waals surface area contributed by atoms with Crippen LogP contribution in [0.3, 0.4) is 0 Å². The van der Waals surface area contributed by atoms with Gasteiger partial charge in [0.2, 0.25) is 11.8 Å². The minimum Gasteiger partial charge on any atom is -0.426 e. The van der Waals surface area contributed by atoms with Crippen molar-refractivity contribution in [2.45, 2.75) is 97.0 Å². The number of nitro groups is 1. The van der Waals surface area contributed by atoms with E-state index >= 15 is 0 Å². The summed E-state index contributed by atoms with van der Waals surface area (Å²) in [5, 5.41) is 44.6. The minimum absolute atomic E-state index is 0.111. The monoisotopic (exact) mass is 498 g/mol. The van der Waals surface area contributed by atoms with Gasteiger partial charge < -0.3 is 26.0 Å². The third kappa shape index (κ3) is 12.2. The molecule has 0 aromatic heterocycles. The van der Waals surface area contributed by atoms with E-state index in [-0.39, 0.29) is 30.7 Å². The number of guanidine groups is 1. The number of carbonyl (C=O) groups excluding carboxylic acids is 2. The number of hydrogen-bond donors (Lipinski definition) is 7. The maximum atomic E-state index is 13.3. The number of hydrazine groups is 1. The SMILES string of the molecule is CCCCC(C(=O)N[C@@H](CCCNC(=N)N[N+](=O)[O-])C(=O)N[C@@H](CC(C)C)B(O)O)C1CCCC1. The largest absolute Gasteiger partial charge is 0.475 e. The number of amides is 2. The molecule has 12 nitrogen and oxygen atoms in total. The molecule has 0 aromatic rings. The Bertz CT molecular complexity index is 689. The summed E-state index contributed by atoms with van der Waals surface area (Å²) in [6, 6.07) is -0.902. The van der Waals surface area contributed by atoms with Gasteiger partial charge in [-0.15, -0.1) is 0 Å². The minimum atomic E-state index is -1.73. The Morgan fingerprint density at radius 1 is 1.11 bits per heavy atom. The first-order valence-corrected chi connectivity index (χ1v) is 12.7. The third-order valence-corrected chi connectivity index (χ3v) is 6.39. The summed E-state index contributed by atoms with van der Waals surface area (Å²) in [5.74, 6) is -1.76. The van der Waals surface area contributed by atoms with Crippen LogP contribution in [0.15, 0.2) is 0 Å². The fourth-order valence-electron chi connectivity index (χ4n) is 4.61. The summed E-state index contributed by atoms with van der Waals surface area (Å²) < 4.78 is 0. The van der Waals surface area contributed by atoms with Gasteiger partial charge in [0, 0.05) is 12.5 Å². The van der Waals surface area contributed by atoms with Crippen LogP contribution in [0.2, 0.25) is 0 Å². The second-order valence-electron chi connectivity index (χ2n) is 9.83. The van der Waals surface area contributed by atoms with Crippen molar-refractivity contribution >= 4 is 24.9 Å². The highest BCUT2D eigenvalue weighted by Gasteiger charge is 2.34. The fourth-order valence-corrected chi connectivity index (χ4v) is 4.61. The standard InChI is InChI=1S/C22H43BN6O6/c1-4-5-11-17(16-9-6-7-10-16)20(30)26-18(12-8-13-25-22(24)28-29(34)35)21(31)27-19(23(32)33)14-15(2)3/h15-19,32-33H,4-14H2,1-3H3,(H,26,30)(H,27,31)(H3,24,25,28)/t17?,18-,19-/m0/s1. The number of carbonyl (C=O) groups is 2. The zero-order valence-electron chi connectivity index (χ0n) is 21.2. The highest BCUT2D eigenvalue weighted by Crippen LogP contribution is 2.34. The van der Waals surface area contributed by atoms with E-state index in [4.69, 9.17) is 5.41 Å². The zero-order valence-corrected chi connectivity index (χ0v) is 21.2. The Kier molecular flexibility index (Phi) is 14.3. The lowest BCUT2D eigenvalue weighted by Gasteiger charge is -2.27. The van der Waals surface area contributed by atoms with Crippen LogP contribution in [0.4, 0.5) is 0 Å². The molecule has 0 spiro atoms. The average molecular weight is 498 g/mol. The van der Waals surface area contributed by atoms with Crippen LogP contribution in [0.25, 0.3) is 0 Å². The first-order valence-electron chi connectivity index (χ1n) is 12.7. The second kappa shape index (κ2) is 16.3. The van der Waals surface area contributed by atoms with Gasteiger partial charge in [0.25, 0.3) is 5.96 Å². The number of unbranched alkanes of at least 4 members (excludes halogenated alkanes) is 1. The molecule has 35 heavy (non-hydrogen) atoms. The molecule has 0 saturated heterocycles. The first-order chi connectivity index (χ1) is 16.5. The molecule has 1 rings (SSSR count). The zero-order chi connectivity index (χ0) is 26.4. The summed E-state index contributed by atoms with van der Waals surface area (Å²) in [7, 11) is -1.73. The number of hydrogen-bond acceptors (Lipinski definition) is 7. The van der Waals surface area contributed by atoms with Crippen LogP contribution in [0.1, 0.15) is 85.0 Å². The van der Waals surface area contributed by atoms with E-state index in [1.165, 1.54) is 0 Å². The molecule has 13 heteroatoms. The van der Waals surface area contributed by atoms with Crippen molar-refractivity contribution in [3.8, 4) is 0 Å². The van der Waals surface area contributed by atoms with E-state index in [0.717, 1.165) is 44.9 Å². The number of nitrogens with one attached hydrogen (secondary N) is 5. The molecule has 0 aliphatic heterocycles. The molecule has 1 saturated carbocycles. The number of rotatable bonds is 16. The maximum Gasteiger partial charge on any atom is 0.475 e. The van der Waals surface area contributed by atoms with E-state index in [2.05, 4.69) is 22.9 Å². The highest BCUT2D eigenvalue weighted by atomic mass is 16.7. The van der Waals surface area contributed by atoms with Crippen molar-refractivity contribution in [1.29, 1.82) is 5.41 Å². The van der Waals surface area contributed by atoms with Crippen molar-refractivity contribution in [2.75, 3.05) is 6.54 Å². The number of nitrogens with zero attached hydrogens (tertiary/aromatic N) is 1. The molecule has 0 bridgehead atoms. The molecular weight excluding hydrogens is 455 g/mol. The van der Waals surface area contributed by atoms with Crippen LogP contribution >= 0.6 is 0 Å². The molecule has 0 radical (unpaired) electrons. The maximum absolute atomic E-state index is 13.3. The Morgan fingerprint density at radius 3 is 2.31 bits per heavy atom. The molecule has 1 unspecified atom stereocenters. The van der Waals surface area contributed by atoms with Crippen LogP contribution < -0.4 is 21.4 Å². The van der Waals surface area contributed by atoms with E-state index < -0.39 is 36.0 Å². The third-order valence-electron chi connectivity index (χ3n) is 6.39. The summed E-state index contributed by atoms with van der Waals surface area (Å²) in [4.78, 5) is 36.8. The summed E-state index contributed by atoms with van der Waals surface area (Å²) in [5.41, 5.74) is 1.70. The topological polar surface area (TPSA) is 190 Å².